The Labute approximate surface area is 137 Å². The molecular formula is C14H15Cl2N3O3. The van der Waals surface area contributed by atoms with Crippen LogP contribution in [0, 0.1) is 5.92 Å². The van der Waals surface area contributed by atoms with E-state index in [-0.39, 0.29) is 43.1 Å². The number of hydrogen-bond acceptors (Lipinski definition) is 3. The van der Waals surface area contributed by atoms with E-state index in [1.54, 1.807) is 12.1 Å². The highest BCUT2D eigenvalue weighted by Gasteiger charge is 2.27. The number of benzene rings is 1. The average Bonchev–Trinajstić information content (AvgIpc) is 2.92. The maximum absolute atomic E-state index is 11.9. The second kappa shape index (κ2) is 7.47. The van der Waals surface area contributed by atoms with Gasteiger partial charge in [0.15, 0.2) is 0 Å². The van der Waals surface area contributed by atoms with E-state index in [1.807, 2.05) is 0 Å². The van der Waals surface area contributed by atoms with Crippen molar-refractivity contribution in [1.29, 1.82) is 0 Å². The second-order valence-electron chi connectivity index (χ2n) is 4.88. The van der Waals surface area contributed by atoms with Crippen LogP contribution in [0.2, 0.25) is 10.0 Å². The van der Waals surface area contributed by atoms with Crippen molar-refractivity contribution >= 4 is 40.9 Å². The number of halogens is 2. The van der Waals surface area contributed by atoms with Crippen LogP contribution in [0.25, 0.3) is 0 Å². The molecule has 1 aromatic carbocycles. The quantitative estimate of drug-likeness (QED) is 0.696. The van der Waals surface area contributed by atoms with Crippen LogP contribution in [-0.4, -0.2) is 37.4 Å². The third-order valence-corrected chi connectivity index (χ3v) is 3.98. The number of carbonyl (C=O) groups is 3. The number of nitrogens with one attached hydrogen (secondary N) is 3. The molecule has 1 aliphatic rings. The molecule has 1 fully saturated rings. The van der Waals surface area contributed by atoms with E-state index >= 15 is 0 Å². The van der Waals surface area contributed by atoms with Gasteiger partial charge < -0.3 is 16.0 Å². The van der Waals surface area contributed by atoms with Gasteiger partial charge in [0.25, 0.3) is 5.91 Å². The van der Waals surface area contributed by atoms with Crippen LogP contribution in [0.1, 0.15) is 16.8 Å². The van der Waals surface area contributed by atoms with Crippen LogP contribution in [0.3, 0.4) is 0 Å². The minimum Gasteiger partial charge on any atom is -0.355 e. The van der Waals surface area contributed by atoms with Crippen molar-refractivity contribution in [3.63, 3.8) is 0 Å². The van der Waals surface area contributed by atoms with Crippen LogP contribution in [0.4, 0.5) is 0 Å². The first kappa shape index (κ1) is 16.6. The lowest BCUT2D eigenvalue weighted by atomic mass is 10.1. The van der Waals surface area contributed by atoms with Gasteiger partial charge in [0.1, 0.15) is 0 Å². The Kier molecular flexibility index (Phi) is 5.63. The molecule has 8 heteroatoms. The Morgan fingerprint density at radius 1 is 1.18 bits per heavy atom. The maximum Gasteiger partial charge on any atom is 0.251 e. The summed E-state index contributed by atoms with van der Waals surface area (Å²) in [6.07, 6.45) is 0.210. The Morgan fingerprint density at radius 3 is 2.55 bits per heavy atom. The maximum atomic E-state index is 11.9. The van der Waals surface area contributed by atoms with Crippen molar-refractivity contribution < 1.29 is 14.4 Å². The number of hydrogen-bond donors (Lipinski definition) is 3. The molecule has 1 saturated heterocycles. The molecule has 0 spiro atoms. The molecule has 3 N–H and O–H groups in total. The highest BCUT2D eigenvalue weighted by molar-refractivity contribution is 6.42. The van der Waals surface area contributed by atoms with Crippen molar-refractivity contribution in [1.82, 2.24) is 16.0 Å². The van der Waals surface area contributed by atoms with Gasteiger partial charge in [0.2, 0.25) is 11.8 Å². The van der Waals surface area contributed by atoms with E-state index in [0.29, 0.717) is 22.2 Å². The van der Waals surface area contributed by atoms with E-state index in [4.69, 9.17) is 23.2 Å². The Morgan fingerprint density at radius 2 is 1.91 bits per heavy atom. The fraction of sp³-hybridized carbons (Fsp3) is 0.357. The highest BCUT2D eigenvalue weighted by Crippen LogP contribution is 2.22. The Bertz CT molecular complexity index is 607. The van der Waals surface area contributed by atoms with E-state index in [9.17, 15) is 14.4 Å². The van der Waals surface area contributed by atoms with Gasteiger partial charge >= 0.3 is 0 Å². The standard InChI is InChI=1S/C14H15Cl2N3O3/c15-10-2-1-8(5-11(10)16)13(21)17-3-4-18-14(22)9-6-12(20)19-7-9/h1-2,5,9H,3-4,6-7H2,(H,17,21)(H,18,22)(H,19,20). The van der Waals surface area contributed by atoms with Gasteiger partial charge in [-0.3, -0.25) is 14.4 Å². The summed E-state index contributed by atoms with van der Waals surface area (Å²) in [6.45, 7) is 0.926. The zero-order chi connectivity index (χ0) is 16.1. The molecular weight excluding hydrogens is 329 g/mol. The first-order valence-corrected chi connectivity index (χ1v) is 7.50. The summed E-state index contributed by atoms with van der Waals surface area (Å²) >= 11 is 11.6. The predicted molar refractivity (Wildman–Crippen MR) is 82.9 cm³/mol. The first-order chi connectivity index (χ1) is 10.5. The molecule has 1 heterocycles. The van der Waals surface area contributed by atoms with E-state index < -0.39 is 0 Å². The van der Waals surface area contributed by atoms with Gasteiger partial charge in [-0.05, 0) is 18.2 Å². The normalized spacial score (nSPS) is 17.0. The van der Waals surface area contributed by atoms with Crippen LogP contribution >= 0.6 is 23.2 Å². The lowest BCUT2D eigenvalue weighted by molar-refractivity contribution is -0.126. The lowest BCUT2D eigenvalue weighted by Crippen LogP contribution is -2.38. The van der Waals surface area contributed by atoms with Crippen LogP contribution < -0.4 is 16.0 Å². The molecule has 0 radical (unpaired) electrons. The highest BCUT2D eigenvalue weighted by atomic mass is 35.5. The van der Waals surface area contributed by atoms with Crippen molar-refractivity contribution in [2.24, 2.45) is 5.92 Å². The summed E-state index contributed by atoms with van der Waals surface area (Å²) < 4.78 is 0. The van der Waals surface area contributed by atoms with E-state index in [2.05, 4.69) is 16.0 Å². The van der Waals surface area contributed by atoms with Crippen molar-refractivity contribution in [3.8, 4) is 0 Å². The van der Waals surface area contributed by atoms with Crippen molar-refractivity contribution in [2.75, 3.05) is 19.6 Å². The Hall–Kier alpha value is -1.79. The Balaban J connectivity index is 1.72. The van der Waals surface area contributed by atoms with Gasteiger partial charge in [-0.15, -0.1) is 0 Å². The monoisotopic (exact) mass is 343 g/mol. The molecule has 22 heavy (non-hydrogen) atoms. The van der Waals surface area contributed by atoms with Gasteiger partial charge in [0, 0.05) is 31.6 Å². The van der Waals surface area contributed by atoms with Gasteiger partial charge in [-0.25, -0.2) is 0 Å². The van der Waals surface area contributed by atoms with E-state index in [1.165, 1.54) is 6.07 Å². The summed E-state index contributed by atoms with van der Waals surface area (Å²) in [5.74, 6) is -0.945. The third kappa shape index (κ3) is 4.35. The van der Waals surface area contributed by atoms with Gasteiger partial charge in [0.05, 0.1) is 16.0 Å². The van der Waals surface area contributed by atoms with Gasteiger partial charge in [-0.1, -0.05) is 23.2 Å². The van der Waals surface area contributed by atoms with Crippen molar-refractivity contribution in [2.45, 2.75) is 6.42 Å². The molecule has 0 bridgehead atoms. The molecule has 1 aliphatic heterocycles. The molecule has 0 aliphatic carbocycles. The number of amides is 3. The molecule has 2 rings (SSSR count). The summed E-state index contributed by atoms with van der Waals surface area (Å²) in [6, 6.07) is 4.59. The summed E-state index contributed by atoms with van der Waals surface area (Å²) in [4.78, 5) is 34.6. The molecule has 0 saturated carbocycles. The summed E-state index contributed by atoms with van der Waals surface area (Å²) in [7, 11) is 0. The molecule has 118 valence electrons. The van der Waals surface area contributed by atoms with Gasteiger partial charge in [-0.2, -0.15) is 0 Å². The topological polar surface area (TPSA) is 87.3 Å². The molecule has 1 atom stereocenters. The average molecular weight is 344 g/mol. The number of rotatable bonds is 5. The zero-order valence-corrected chi connectivity index (χ0v) is 13.1. The minimum absolute atomic E-state index is 0.118. The zero-order valence-electron chi connectivity index (χ0n) is 11.6. The molecule has 3 amide bonds. The fourth-order valence-electron chi connectivity index (χ4n) is 2.04. The van der Waals surface area contributed by atoms with Crippen LogP contribution in [-0.2, 0) is 9.59 Å². The molecule has 6 nitrogen and oxygen atoms in total. The first-order valence-electron chi connectivity index (χ1n) is 6.75. The minimum atomic E-state index is -0.335. The SMILES string of the molecule is O=C1CC(C(=O)NCCNC(=O)c2ccc(Cl)c(Cl)c2)CN1. The van der Waals surface area contributed by atoms with Crippen LogP contribution in [0.5, 0.6) is 0 Å². The molecule has 1 aromatic rings. The van der Waals surface area contributed by atoms with Crippen molar-refractivity contribution in [3.05, 3.63) is 33.8 Å². The summed E-state index contributed by atoms with van der Waals surface area (Å²) in [5, 5.41) is 8.63. The number of carbonyl (C=O) groups excluding carboxylic acids is 3. The lowest BCUT2D eigenvalue weighted by Gasteiger charge is -2.10. The molecule has 1 unspecified atom stereocenters. The third-order valence-electron chi connectivity index (χ3n) is 3.24. The largest absolute Gasteiger partial charge is 0.355 e. The second-order valence-corrected chi connectivity index (χ2v) is 5.70. The smallest absolute Gasteiger partial charge is 0.251 e. The molecule has 0 aromatic heterocycles. The van der Waals surface area contributed by atoms with E-state index in [0.717, 1.165) is 0 Å². The fourth-order valence-corrected chi connectivity index (χ4v) is 2.33. The van der Waals surface area contributed by atoms with Crippen LogP contribution in [0.15, 0.2) is 18.2 Å². The summed E-state index contributed by atoms with van der Waals surface area (Å²) in [5.41, 5.74) is 0.395. The predicted octanol–water partition coefficient (Wildman–Crippen LogP) is 0.976.